The first-order chi connectivity index (χ1) is 22.9. The number of carbonyl (C=O) groups excluding carboxylic acids is 2. The van der Waals surface area contributed by atoms with Crippen molar-refractivity contribution in [3.63, 3.8) is 0 Å². The van der Waals surface area contributed by atoms with E-state index in [1.807, 2.05) is 17.8 Å². The normalized spacial score (nSPS) is 21.0. The molecule has 0 bridgehead atoms. The molecule has 0 amide bonds. The smallest absolute Gasteiger partial charge is 0.332 e. The summed E-state index contributed by atoms with van der Waals surface area (Å²) in [5.74, 6) is -0.958. The van der Waals surface area contributed by atoms with Crippen molar-refractivity contribution in [3.8, 4) is 23.0 Å². The first-order valence-electron chi connectivity index (χ1n) is 15.2. The third-order valence-corrected chi connectivity index (χ3v) is 9.94. The van der Waals surface area contributed by atoms with Crippen molar-refractivity contribution in [3.05, 3.63) is 102 Å². The molecule has 2 aromatic heterocycles. The van der Waals surface area contributed by atoms with Gasteiger partial charge in [-0.25, -0.2) is 9.78 Å². The summed E-state index contributed by atoms with van der Waals surface area (Å²) in [5.41, 5.74) is -1.65. The molecule has 0 radical (unpaired) electrons. The van der Waals surface area contributed by atoms with Crippen LogP contribution in [0.4, 0.5) is 5.82 Å². The number of benzene rings is 2. The van der Waals surface area contributed by atoms with Gasteiger partial charge >= 0.3 is 5.69 Å². The highest BCUT2D eigenvalue weighted by molar-refractivity contribution is 6.36. The van der Waals surface area contributed by atoms with E-state index in [0.29, 0.717) is 17.0 Å². The summed E-state index contributed by atoms with van der Waals surface area (Å²) in [6, 6.07) is 8.48. The number of aromatic nitrogens is 4. The molecule has 14 heteroatoms. The molecule has 2 aromatic carbocycles. The van der Waals surface area contributed by atoms with Crippen molar-refractivity contribution in [2.45, 2.75) is 31.5 Å². The van der Waals surface area contributed by atoms with Crippen molar-refractivity contribution in [2.24, 2.45) is 27.1 Å². The zero-order valence-corrected chi connectivity index (χ0v) is 27.8. The molecule has 248 valence electrons. The maximum absolute atomic E-state index is 15.0. The van der Waals surface area contributed by atoms with Crippen LogP contribution in [0.1, 0.15) is 46.6 Å². The van der Waals surface area contributed by atoms with Crippen LogP contribution in [0, 0.1) is 5.92 Å². The highest BCUT2D eigenvalue weighted by atomic mass is 35.5. The fourth-order valence-corrected chi connectivity index (χ4v) is 7.23. The van der Waals surface area contributed by atoms with Crippen LogP contribution in [0.15, 0.2) is 63.6 Å². The van der Waals surface area contributed by atoms with Gasteiger partial charge in [0, 0.05) is 62.7 Å². The number of nitrogens with one attached hydrogen (secondary N) is 1. The Morgan fingerprint density at radius 1 is 1.02 bits per heavy atom. The van der Waals surface area contributed by atoms with Gasteiger partial charge in [0.25, 0.3) is 5.56 Å². The van der Waals surface area contributed by atoms with Crippen molar-refractivity contribution in [2.75, 3.05) is 19.5 Å². The van der Waals surface area contributed by atoms with Gasteiger partial charge in [-0.05, 0) is 24.1 Å². The monoisotopic (exact) mass is 673 g/mol. The number of fused-ring (bicyclic) bond motifs is 2. The fraction of sp³-hybridized carbons (Fsp3) is 0.324. The molecule has 0 saturated carbocycles. The molecule has 1 aliphatic carbocycles. The first-order valence-corrected chi connectivity index (χ1v) is 15.5. The van der Waals surface area contributed by atoms with Crippen LogP contribution in [-0.4, -0.2) is 50.1 Å². The van der Waals surface area contributed by atoms with Crippen LogP contribution in [-0.2, 0) is 32.5 Å². The average Bonchev–Trinajstić information content (AvgIpc) is 3.65. The van der Waals surface area contributed by atoms with Crippen LogP contribution >= 0.6 is 11.6 Å². The van der Waals surface area contributed by atoms with E-state index >= 15 is 4.79 Å². The summed E-state index contributed by atoms with van der Waals surface area (Å²) >= 11 is 6.64. The quantitative estimate of drug-likeness (QED) is 0.302. The Balaban J connectivity index is 1.38. The minimum Gasteiger partial charge on any atom is -0.496 e. The summed E-state index contributed by atoms with van der Waals surface area (Å²) in [4.78, 5) is 60.7. The first kappa shape index (κ1) is 31.3. The molecule has 0 fully saturated rings. The molecule has 4 heterocycles. The molecule has 13 nitrogen and oxygen atoms in total. The lowest BCUT2D eigenvalue weighted by Crippen LogP contribution is -2.58. The maximum Gasteiger partial charge on any atom is 0.332 e. The zero-order chi connectivity index (χ0) is 34.2. The highest BCUT2D eigenvalue weighted by Crippen LogP contribution is 2.56. The Hall–Kier alpha value is -5.30. The van der Waals surface area contributed by atoms with Crippen LogP contribution in [0.3, 0.4) is 0 Å². The van der Waals surface area contributed by atoms with Gasteiger partial charge in [0.05, 0.1) is 19.8 Å². The molecule has 7 rings (SSSR count). The molecule has 0 saturated heterocycles. The summed E-state index contributed by atoms with van der Waals surface area (Å²) in [6.45, 7) is 1.97. The number of imidazole rings is 1. The minimum absolute atomic E-state index is 0.00430. The number of anilines is 1. The molecule has 1 N–H and O–H groups in total. The summed E-state index contributed by atoms with van der Waals surface area (Å²) < 4.78 is 27.4. The van der Waals surface area contributed by atoms with Gasteiger partial charge in [-0.1, -0.05) is 30.7 Å². The largest absolute Gasteiger partial charge is 0.496 e. The molecule has 4 aromatic rings. The van der Waals surface area contributed by atoms with E-state index in [1.165, 1.54) is 31.9 Å². The zero-order valence-electron chi connectivity index (χ0n) is 27.0. The highest BCUT2D eigenvalue weighted by Gasteiger charge is 2.63. The lowest BCUT2D eigenvalue weighted by molar-refractivity contribution is -0.130. The third kappa shape index (κ3) is 4.26. The van der Waals surface area contributed by atoms with Gasteiger partial charge in [0.1, 0.15) is 46.1 Å². The molecule has 3 aliphatic rings. The van der Waals surface area contributed by atoms with Gasteiger partial charge in [-0.3, -0.25) is 23.5 Å². The summed E-state index contributed by atoms with van der Waals surface area (Å²) in [7, 11) is 7.63. The van der Waals surface area contributed by atoms with Gasteiger partial charge in [-0.15, -0.1) is 0 Å². The van der Waals surface area contributed by atoms with E-state index in [4.69, 9.17) is 30.5 Å². The van der Waals surface area contributed by atoms with Gasteiger partial charge in [0.2, 0.25) is 17.2 Å². The van der Waals surface area contributed by atoms with Crippen LogP contribution in [0.2, 0.25) is 5.02 Å². The predicted molar refractivity (Wildman–Crippen MR) is 174 cm³/mol. The van der Waals surface area contributed by atoms with E-state index in [1.54, 1.807) is 44.4 Å². The minimum atomic E-state index is -2.00. The molecular weight excluding hydrogens is 642 g/mol. The molecule has 3 atom stereocenters. The number of aryl methyl sites for hydroxylation is 1. The fourth-order valence-electron chi connectivity index (χ4n) is 6.96. The number of allylic oxidation sites excluding steroid dienone is 1. The lowest BCUT2D eigenvalue weighted by atomic mass is 9.66. The number of ketones is 2. The summed E-state index contributed by atoms with van der Waals surface area (Å²) in [5, 5.41) is 3.25. The molecule has 48 heavy (non-hydrogen) atoms. The van der Waals surface area contributed by atoms with E-state index in [9.17, 15) is 14.4 Å². The second kappa shape index (κ2) is 11.2. The summed E-state index contributed by atoms with van der Waals surface area (Å²) in [6.07, 6.45) is 3.69. The van der Waals surface area contributed by atoms with E-state index in [2.05, 4.69) is 10.3 Å². The second-order valence-electron chi connectivity index (χ2n) is 12.1. The Labute approximate surface area is 279 Å². The van der Waals surface area contributed by atoms with Crippen molar-refractivity contribution >= 4 is 29.0 Å². The number of rotatable bonds is 6. The standard InChI is InChI=1S/C34H32ClN5O8/c1-16-13-19-24(29(41)34(16)30(42)25-20(45-5)14-21(46-6)27(35)28(25)48-34)23(26-31(37-19)39(3)33(44)40(4)32(26)43)17-7-9-18(10-8-17)47-15-22-36-11-12-38(22)2/h7-12,14,16,23,37H,13,15H2,1-6H3/t16-,23?,34+/m1/s1. The Kier molecular flexibility index (Phi) is 7.27. The number of hydrogen-bond donors (Lipinski definition) is 1. The number of nitrogens with zero attached hydrogens (tertiary/aromatic N) is 4. The molecule has 1 spiro atoms. The van der Waals surface area contributed by atoms with Gasteiger partial charge < -0.3 is 28.8 Å². The lowest BCUT2D eigenvalue weighted by Gasteiger charge is -2.42. The van der Waals surface area contributed by atoms with Gasteiger partial charge in [-0.2, -0.15) is 0 Å². The van der Waals surface area contributed by atoms with Crippen molar-refractivity contribution < 1.29 is 28.5 Å². The number of halogens is 1. The van der Waals surface area contributed by atoms with Crippen molar-refractivity contribution in [1.29, 1.82) is 0 Å². The second-order valence-corrected chi connectivity index (χ2v) is 12.5. The van der Waals surface area contributed by atoms with E-state index in [0.717, 1.165) is 10.4 Å². The predicted octanol–water partition coefficient (Wildman–Crippen LogP) is 3.50. The number of ether oxygens (including phenoxy) is 4. The number of methoxy groups -OCH3 is 2. The SMILES string of the molecule is COc1cc(OC)c2c(c1Cl)O[C@@]1(C(=O)C3=C(C[C@H]1C)Nc1c(c(=O)n(C)c(=O)n1C)C3c1ccc(OCc3nccn3C)cc1)C2=O. The average molecular weight is 674 g/mol. The van der Waals surface area contributed by atoms with E-state index in [-0.39, 0.29) is 57.8 Å². The maximum atomic E-state index is 15.0. The Morgan fingerprint density at radius 3 is 2.38 bits per heavy atom. The number of Topliss-reactive ketones (excluding diaryl/α,β-unsaturated/α-hetero) is 2. The number of hydrogen-bond acceptors (Lipinski definition) is 10. The Morgan fingerprint density at radius 2 is 1.73 bits per heavy atom. The van der Waals surface area contributed by atoms with Crippen LogP contribution < -0.4 is 35.5 Å². The van der Waals surface area contributed by atoms with Crippen LogP contribution in [0.25, 0.3) is 0 Å². The van der Waals surface area contributed by atoms with Gasteiger partial charge in [0.15, 0.2) is 5.75 Å². The third-order valence-electron chi connectivity index (χ3n) is 9.58. The molecule has 1 unspecified atom stereocenters. The number of carbonyl (C=O) groups is 2. The molecule has 2 aliphatic heterocycles. The molecular formula is C34H32ClN5O8. The van der Waals surface area contributed by atoms with Crippen LogP contribution in [0.5, 0.6) is 23.0 Å². The Bertz CT molecular complexity index is 2200. The van der Waals surface area contributed by atoms with Crippen molar-refractivity contribution in [1.82, 2.24) is 18.7 Å². The topological polar surface area (TPSA) is 145 Å². The van der Waals surface area contributed by atoms with E-state index < -0.39 is 40.3 Å².